The molecule has 1 atom stereocenters. The van der Waals surface area contributed by atoms with Crippen molar-refractivity contribution in [3.8, 4) is 11.5 Å². The fraction of sp³-hybridized carbons (Fsp3) is 0.533. The number of piperidine rings is 1. The molecule has 1 aliphatic heterocycles. The third-order valence-electron chi connectivity index (χ3n) is 3.83. The molecule has 0 saturated carbocycles. The lowest BCUT2D eigenvalue weighted by atomic mass is 10.0. The van der Waals surface area contributed by atoms with Gasteiger partial charge in [-0.05, 0) is 32.3 Å². The fourth-order valence-electron chi connectivity index (χ4n) is 2.58. The maximum atomic E-state index is 12.2. The Labute approximate surface area is 129 Å². The van der Waals surface area contributed by atoms with E-state index in [4.69, 9.17) is 9.47 Å². The summed E-state index contributed by atoms with van der Waals surface area (Å²) < 4.78 is 10.6. The van der Waals surface area contributed by atoms with Gasteiger partial charge in [-0.25, -0.2) is 0 Å². The van der Waals surface area contributed by atoms with Crippen LogP contribution in [0.2, 0.25) is 0 Å². The predicted octanol–water partition coefficient (Wildman–Crippen LogP) is 2.38. The van der Waals surface area contributed by atoms with Gasteiger partial charge in [0.15, 0.2) is 18.1 Å². The number of carbonyl (C=O) groups excluding carboxylic acids is 1. The van der Waals surface area contributed by atoms with Crippen LogP contribution in [0.5, 0.6) is 11.5 Å². The largest absolute Gasteiger partial charge is 0.493 e. The number of hydrogen-bond donors (Lipinski definition) is 0. The number of likely N-dealkylation sites (tertiary alicyclic amines) is 1. The molecule has 0 bridgehead atoms. The highest BCUT2D eigenvalue weighted by Gasteiger charge is 2.24. The van der Waals surface area contributed by atoms with Crippen LogP contribution in [-0.2, 0) is 4.79 Å². The predicted molar refractivity (Wildman–Crippen MR) is 80.2 cm³/mol. The van der Waals surface area contributed by atoms with Crippen molar-refractivity contribution in [2.45, 2.75) is 32.2 Å². The van der Waals surface area contributed by atoms with Gasteiger partial charge in [0.2, 0.25) is 0 Å². The summed E-state index contributed by atoms with van der Waals surface area (Å²) in [5.74, 6) is 0.459. The number of nitrogens with zero attached hydrogens (tertiary/aromatic N) is 2. The highest BCUT2D eigenvalue weighted by Crippen LogP contribution is 2.31. The van der Waals surface area contributed by atoms with Crippen LogP contribution in [0.3, 0.4) is 0 Å². The summed E-state index contributed by atoms with van der Waals surface area (Å²) >= 11 is 0. The Morgan fingerprint density at radius 3 is 2.82 bits per heavy atom. The van der Waals surface area contributed by atoms with Gasteiger partial charge in [-0.3, -0.25) is 14.9 Å². The molecule has 1 aromatic carbocycles. The van der Waals surface area contributed by atoms with Gasteiger partial charge < -0.3 is 14.4 Å². The monoisotopic (exact) mass is 308 g/mol. The normalized spacial score (nSPS) is 17.9. The Morgan fingerprint density at radius 2 is 2.18 bits per heavy atom. The number of nitro groups is 1. The molecule has 0 N–H and O–H groups in total. The molecule has 1 fully saturated rings. The van der Waals surface area contributed by atoms with Gasteiger partial charge in [-0.1, -0.05) is 0 Å². The van der Waals surface area contributed by atoms with E-state index in [-0.39, 0.29) is 30.0 Å². The fourth-order valence-corrected chi connectivity index (χ4v) is 2.58. The first kappa shape index (κ1) is 16.1. The third kappa shape index (κ3) is 3.66. The lowest BCUT2D eigenvalue weighted by molar-refractivity contribution is -0.385. The van der Waals surface area contributed by atoms with E-state index in [9.17, 15) is 14.9 Å². The second-order valence-electron chi connectivity index (χ2n) is 5.31. The number of hydrogen-bond acceptors (Lipinski definition) is 5. The lowest BCUT2D eigenvalue weighted by Gasteiger charge is -2.33. The van der Waals surface area contributed by atoms with Gasteiger partial charge in [-0.15, -0.1) is 0 Å². The van der Waals surface area contributed by atoms with Gasteiger partial charge in [0.25, 0.3) is 11.6 Å². The Morgan fingerprint density at radius 1 is 1.41 bits per heavy atom. The number of amides is 1. The smallest absolute Gasteiger partial charge is 0.273 e. The lowest BCUT2D eigenvalue weighted by Crippen LogP contribution is -2.44. The number of carbonyl (C=O) groups is 1. The highest BCUT2D eigenvalue weighted by atomic mass is 16.6. The molecule has 22 heavy (non-hydrogen) atoms. The van der Waals surface area contributed by atoms with E-state index in [2.05, 4.69) is 0 Å². The average molecular weight is 308 g/mol. The quantitative estimate of drug-likeness (QED) is 0.616. The van der Waals surface area contributed by atoms with E-state index in [0.29, 0.717) is 5.75 Å². The molecule has 120 valence electrons. The van der Waals surface area contributed by atoms with Crippen LogP contribution in [0.4, 0.5) is 5.69 Å². The van der Waals surface area contributed by atoms with E-state index in [1.54, 1.807) is 4.90 Å². The average Bonchev–Trinajstić information content (AvgIpc) is 2.52. The van der Waals surface area contributed by atoms with E-state index in [1.165, 1.54) is 25.3 Å². The number of benzene rings is 1. The van der Waals surface area contributed by atoms with Crippen LogP contribution in [0.1, 0.15) is 26.2 Å². The van der Waals surface area contributed by atoms with Crippen molar-refractivity contribution >= 4 is 11.6 Å². The maximum absolute atomic E-state index is 12.2. The first-order chi connectivity index (χ1) is 10.5. The second kappa shape index (κ2) is 7.11. The van der Waals surface area contributed by atoms with Crippen molar-refractivity contribution in [2.75, 3.05) is 20.3 Å². The molecule has 0 radical (unpaired) electrons. The Hall–Kier alpha value is -2.31. The number of rotatable bonds is 5. The molecule has 1 saturated heterocycles. The van der Waals surface area contributed by atoms with Crippen molar-refractivity contribution in [2.24, 2.45) is 0 Å². The molecule has 1 amide bonds. The summed E-state index contributed by atoms with van der Waals surface area (Å²) in [6, 6.07) is 4.27. The Kier molecular flexibility index (Phi) is 5.19. The standard InChI is InChI=1S/C15H20N2O5/c1-11-5-3-4-8-16(11)15(18)10-22-14-9-12(17(19)20)6-7-13(14)21-2/h6-7,9,11H,3-5,8,10H2,1-2H3/t11-/m1/s1. The van der Waals surface area contributed by atoms with Gasteiger partial charge in [0.05, 0.1) is 18.1 Å². The number of ether oxygens (including phenoxy) is 2. The minimum atomic E-state index is -0.513. The molecule has 7 nitrogen and oxygen atoms in total. The van der Waals surface area contributed by atoms with Crippen LogP contribution in [0.25, 0.3) is 0 Å². The number of non-ortho nitro benzene ring substituents is 1. The Bertz CT molecular complexity index is 561. The zero-order valence-corrected chi connectivity index (χ0v) is 12.8. The molecule has 0 aliphatic carbocycles. The summed E-state index contributed by atoms with van der Waals surface area (Å²) in [4.78, 5) is 24.3. The second-order valence-corrected chi connectivity index (χ2v) is 5.31. The zero-order chi connectivity index (χ0) is 16.1. The highest BCUT2D eigenvalue weighted by molar-refractivity contribution is 5.78. The van der Waals surface area contributed by atoms with Crippen molar-refractivity contribution in [3.05, 3.63) is 28.3 Å². The molecule has 1 heterocycles. The molecule has 0 unspecified atom stereocenters. The number of methoxy groups -OCH3 is 1. The first-order valence-corrected chi connectivity index (χ1v) is 7.27. The summed E-state index contributed by atoms with van der Waals surface area (Å²) in [5, 5.41) is 10.8. The van der Waals surface area contributed by atoms with E-state index < -0.39 is 4.92 Å². The summed E-state index contributed by atoms with van der Waals surface area (Å²) in [6.07, 6.45) is 3.12. The van der Waals surface area contributed by atoms with Crippen molar-refractivity contribution in [1.82, 2.24) is 4.90 Å². The van der Waals surface area contributed by atoms with Crippen LogP contribution >= 0.6 is 0 Å². The van der Waals surface area contributed by atoms with Crippen molar-refractivity contribution in [1.29, 1.82) is 0 Å². The summed E-state index contributed by atoms with van der Waals surface area (Å²) in [6.45, 7) is 2.60. The zero-order valence-electron chi connectivity index (χ0n) is 12.8. The minimum Gasteiger partial charge on any atom is -0.493 e. The van der Waals surface area contributed by atoms with E-state index >= 15 is 0 Å². The van der Waals surface area contributed by atoms with Gasteiger partial charge in [-0.2, -0.15) is 0 Å². The van der Waals surface area contributed by atoms with E-state index in [0.717, 1.165) is 25.8 Å². The molecular formula is C15H20N2O5. The molecule has 1 aromatic rings. The first-order valence-electron chi connectivity index (χ1n) is 7.27. The third-order valence-corrected chi connectivity index (χ3v) is 3.83. The van der Waals surface area contributed by atoms with Crippen molar-refractivity contribution in [3.63, 3.8) is 0 Å². The van der Waals surface area contributed by atoms with Crippen LogP contribution in [0, 0.1) is 10.1 Å². The minimum absolute atomic E-state index is 0.102. The van der Waals surface area contributed by atoms with Gasteiger partial charge >= 0.3 is 0 Å². The van der Waals surface area contributed by atoms with Crippen LogP contribution in [-0.4, -0.2) is 42.0 Å². The molecule has 7 heteroatoms. The maximum Gasteiger partial charge on any atom is 0.273 e. The molecule has 1 aliphatic rings. The summed E-state index contributed by atoms with van der Waals surface area (Å²) in [7, 11) is 1.45. The summed E-state index contributed by atoms with van der Waals surface area (Å²) in [5.41, 5.74) is -0.102. The Balaban J connectivity index is 2.05. The molecule has 0 aromatic heterocycles. The topological polar surface area (TPSA) is 81.9 Å². The van der Waals surface area contributed by atoms with Crippen LogP contribution in [0.15, 0.2) is 18.2 Å². The molecular weight excluding hydrogens is 288 g/mol. The van der Waals surface area contributed by atoms with Crippen LogP contribution < -0.4 is 9.47 Å². The SMILES string of the molecule is COc1ccc([N+](=O)[O-])cc1OCC(=O)N1CCCC[C@H]1C. The van der Waals surface area contributed by atoms with Gasteiger partial charge in [0.1, 0.15) is 0 Å². The molecule has 2 rings (SSSR count). The van der Waals surface area contributed by atoms with E-state index in [1.807, 2.05) is 6.92 Å². The number of nitro benzene ring substituents is 1. The van der Waals surface area contributed by atoms with Crippen molar-refractivity contribution < 1.29 is 19.2 Å². The van der Waals surface area contributed by atoms with Gasteiger partial charge in [0, 0.05) is 18.7 Å². The molecule has 0 spiro atoms.